The molecule has 2 bridgehead atoms. The van der Waals surface area contributed by atoms with E-state index in [1.165, 1.54) is 37.1 Å². The first kappa shape index (κ1) is 14.6. The third kappa shape index (κ3) is 2.95. The fourth-order valence-corrected chi connectivity index (χ4v) is 3.63. The van der Waals surface area contributed by atoms with Crippen molar-refractivity contribution < 1.29 is 4.74 Å². The van der Waals surface area contributed by atoms with E-state index in [1.54, 1.807) is 0 Å². The number of hydrogen-bond acceptors (Lipinski definition) is 4. The van der Waals surface area contributed by atoms with Gasteiger partial charge in [0.15, 0.2) is 0 Å². The average molecular weight is 309 g/mol. The second-order valence-electron chi connectivity index (χ2n) is 6.85. The Hall–Kier alpha value is -1.94. The molecule has 0 N–H and O–H groups in total. The van der Waals surface area contributed by atoms with Crippen LogP contribution in [0.3, 0.4) is 0 Å². The Kier molecular flexibility index (Phi) is 3.77. The molecular weight excluding hydrogens is 286 g/mol. The summed E-state index contributed by atoms with van der Waals surface area (Å²) in [5.41, 5.74) is 4.78. The van der Waals surface area contributed by atoms with Crippen molar-refractivity contribution in [2.24, 2.45) is 5.92 Å². The van der Waals surface area contributed by atoms with Crippen LogP contribution in [0.5, 0.6) is 6.01 Å². The summed E-state index contributed by atoms with van der Waals surface area (Å²) in [5, 5.41) is 0. The fraction of sp³-hybridized carbons (Fsp3) is 0.474. The van der Waals surface area contributed by atoms with Crippen LogP contribution in [-0.4, -0.2) is 40.6 Å². The number of rotatable bonds is 3. The van der Waals surface area contributed by atoms with Gasteiger partial charge in [0.2, 0.25) is 0 Å². The summed E-state index contributed by atoms with van der Waals surface area (Å²) in [6, 6.07) is 6.95. The standard InChI is InChI=1S/C19H23N3O/c1-13-3-4-16(9-14(13)2)17-10-20-19(21-11-17)23-18-12-22-7-5-15(18)6-8-22/h3-4,9-11,15,18H,5-8,12H2,1-2H3. The van der Waals surface area contributed by atoms with Gasteiger partial charge in [-0.25, -0.2) is 9.97 Å². The van der Waals surface area contributed by atoms with Crippen LogP contribution >= 0.6 is 0 Å². The maximum absolute atomic E-state index is 6.06. The number of nitrogens with zero attached hydrogens (tertiary/aromatic N) is 3. The fourth-order valence-electron chi connectivity index (χ4n) is 3.63. The number of fused-ring (bicyclic) bond motifs is 3. The molecule has 4 heteroatoms. The molecule has 1 aromatic carbocycles. The molecular formula is C19H23N3O. The maximum atomic E-state index is 6.06. The number of benzene rings is 1. The van der Waals surface area contributed by atoms with Gasteiger partial charge in [-0.05, 0) is 62.4 Å². The van der Waals surface area contributed by atoms with Crippen LogP contribution in [0.1, 0.15) is 24.0 Å². The lowest BCUT2D eigenvalue weighted by Crippen LogP contribution is -2.52. The van der Waals surface area contributed by atoms with Gasteiger partial charge in [-0.15, -0.1) is 0 Å². The predicted octanol–water partition coefficient (Wildman–Crippen LogP) is 3.23. The molecule has 1 aromatic heterocycles. The quantitative estimate of drug-likeness (QED) is 0.872. The van der Waals surface area contributed by atoms with Crippen molar-refractivity contribution in [3.8, 4) is 17.1 Å². The molecule has 3 saturated heterocycles. The minimum Gasteiger partial charge on any atom is -0.458 e. The number of piperidine rings is 3. The number of aromatic nitrogens is 2. The summed E-state index contributed by atoms with van der Waals surface area (Å²) in [6.45, 7) is 7.71. The van der Waals surface area contributed by atoms with Crippen molar-refractivity contribution in [2.45, 2.75) is 32.8 Å². The lowest BCUT2D eigenvalue weighted by atomic mass is 9.86. The monoisotopic (exact) mass is 309 g/mol. The number of ether oxygens (including phenoxy) is 1. The zero-order valence-corrected chi connectivity index (χ0v) is 13.8. The molecule has 4 heterocycles. The van der Waals surface area contributed by atoms with Gasteiger partial charge in [0, 0.05) is 24.5 Å². The summed E-state index contributed by atoms with van der Waals surface area (Å²) < 4.78 is 6.06. The summed E-state index contributed by atoms with van der Waals surface area (Å²) in [6.07, 6.45) is 6.48. The first-order valence-corrected chi connectivity index (χ1v) is 8.48. The van der Waals surface area contributed by atoms with E-state index in [0.717, 1.165) is 17.7 Å². The van der Waals surface area contributed by atoms with Gasteiger partial charge in [-0.1, -0.05) is 18.2 Å². The third-order valence-electron chi connectivity index (χ3n) is 5.32. The molecule has 0 aliphatic carbocycles. The number of hydrogen-bond donors (Lipinski definition) is 0. The molecule has 2 aromatic rings. The van der Waals surface area contributed by atoms with Crippen molar-refractivity contribution in [3.63, 3.8) is 0 Å². The Bertz CT molecular complexity index is 690. The van der Waals surface area contributed by atoms with Crippen molar-refractivity contribution in [3.05, 3.63) is 41.7 Å². The van der Waals surface area contributed by atoms with Crippen LogP contribution < -0.4 is 4.74 Å². The van der Waals surface area contributed by atoms with Gasteiger partial charge in [-0.3, -0.25) is 4.90 Å². The van der Waals surface area contributed by atoms with Crippen molar-refractivity contribution in [2.75, 3.05) is 19.6 Å². The van der Waals surface area contributed by atoms with E-state index < -0.39 is 0 Å². The van der Waals surface area contributed by atoms with E-state index in [9.17, 15) is 0 Å². The molecule has 0 radical (unpaired) electrons. The highest BCUT2D eigenvalue weighted by Gasteiger charge is 2.35. The maximum Gasteiger partial charge on any atom is 0.316 e. The molecule has 1 atom stereocenters. The largest absolute Gasteiger partial charge is 0.458 e. The predicted molar refractivity (Wildman–Crippen MR) is 90.5 cm³/mol. The zero-order valence-electron chi connectivity index (χ0n) is 13.8. The van der Waals surface area contributed by atoms with Gasteiger partial charge in [0.25, 0.3) is 0 Å². The first-order valence-electron chi connectivity index (χ1n) is 8.48. The minimum absolute atomic E-state index is 0.255. The van der Waals surface area contributed by atoms with Crippen LogP contribution in [0.25, 0.3) is 11.1 Å². The minimum atomic E-state index is 0.255. The molecule has 23 heavy (non-hydrogen) atoms. The average Bonchev–Trinajstić information content (AvgIpc) is 2.59. The zero-order chi connectivity index (χ0) is 15.8. The Labute approximate surface area is 137 Å². The van der Waals surface area contributed by atoms with Crippen LogP contribution in [0.4, 0.5) is 0 Å². The molecule has 0 saturated carbocycles. The van der Waals surface area contributed by atoms with E-state index in [4.69, 9.17) is 4.74 Å². The van der Waals surface area contributed by atoms with Crippen LogP contribution in [0.15, 0.2) is 30.6 Å². The van der Waals surface area contributed by atoms with Gasteiger partial charge in [-0.2, -0.15) is 0 Å². The Morgan fingerprint density at radius 3 is 2.35 bits per heavy atom. The molecule has 120 valence electrons. The third-order valence-corrected chi connectivity index (χ3v) is 5.32. The van der Waals surface area contributed by atoms with E-state index in [0.29, 0.717) is 11.9 Å². The Morgan fingerprint density at radius 1 is 1.00 bits per heavy atom. The van der Waals surface area contributed by atoms with E-state index in [2.05, 4.69) is 46.9 Å². The van der Waals surface area contributed by atoms with Gasteiger partial charge < -0.3 is 4.74 Å². The molecule has 1 unspecified atom stereocenters. The smallest absolute Gasteiger partial charge is 0.316 e. The van der Waals surface area contributed by atoms with Crippen molar-refractivity contribution in [1.82, 2.24) is 14.9 Å². The van der Waals surface area contributed by atoms with Crippen molar-refractivity contribution >= 4 is 0 Å². The van der Waals surface area contributed by atoms with Gasteiger partial charge >= 0.3 is 6.01 Å². The number of aryl methyl sites for hydroxylation is 2. The van der Waals surface area contributed by atoms with E-state index in [-0.39, 0.29) is 6.10 Å². The van der Waals surface area contributed by atoms with Gasteiger partial charge in [0.1, 0.15) is 6.10 Å². The summed E-state index contributed by atoms with van der Waals surface area (Å²) >= 11 is 0. The summed E-state index contributed by atoms with van der Waals surface area (Å²) in [4.78, 5) is 11.3. The molecule has 4 nitrogen and oxygen atoms in total. The Morgan fingerprint density at radius 2 is 1.74 bits per heavy atom. The summed E-state index contributed by atoms with van der Waals surface area (Å²) in [5.74, 6) is 0.669. The van der Waals surface area contributed by atoms with E-state index >= 15 is 0 Å². The Balaban J connectivity index is 1.48. The molecule has 0 spiro atoms. The topological polar surface area (TPSA) is 38.2 Å². The molecule has 3 aliphatic rings. The van der Waals surface area contributed by atoms with E-state index in [1.807, 2.05) is 12.4 Å². The molecule has 3 fully saturated rings. The second-order valence-corrected chi connectivity index (χ2v) is 6.85. The first-order chi connectivity index (χ1) is 11.2. The van der Waals surface area contributed by atoms with Gasteiger partial charge in [0.05, 0.1) is 0 Å². The highest BCUT2D eigenvalue weighted by Crippen LogP contribution is 2.30. The van der Waals surface area contributed by atoms with Crippen molar-refractivity contribution in [1.29, 1.82) is 0 Å². The summed E-state index contributed by atoms with van der Waals surface area (Å²) in [7, 11) is 0. The van der Waals surface area contributed by atoms with Crippen LogP contribution in [-0.2, 0) is 0 Å². The van der Waals surface area contributed by atoms with Crippen LogP contribution in [0, 0.1) is 19.8 Å². The second kappa shape index (κ2) is 5.93. The SMILES string of the molecule is Cc1ccc(-c2cnc(OC3CN4CCC3CC4)nc2)cc1C. The molecule has 5 rings (SSSR count). The lowest BCUT2D eigenvalue weighted by Gasteiger charge is -2.43. The lowest BCUT2D eigenvalue weighted by molar-refractivity contribution is -0.0123. The normalized spacial score (nSPS) is 26.3. The van der Waals surface area contributed by atoms with Crippen LogP contribution in [0.2, 0.25) is 0 Å². The molecule has 3 aliphatic heterocycles. The molecule has 0 amide bonds. The highest BCUT2D eigenvalue weighted by atomic mass is 16.5. The highest BCUT2D eigenvalue weighted by molar-refractivity contribution is 5.63.